The predicted octanol–water partition coefficient (Wildman–Crippen LogP) is 7.53. The van der Waals surface area contributed by atoms with E-state index in [1.807, 2.05) is 26.8 Å². The topological polar surface area (TPSA) is 71.2 Å². The number of nitrogens with zero attached hydrogens (tertiary/aromatic N) is 4. The van der Waals surface area contributed by atoms with Crippen molar-refractivity contribution >= 4 is 29.3 Å². The van der Waals surface area contributed by atoms with Gasteiger partial charge in [-0.2, -0.15) is 0 Å². The molecule has 1 aliphatic carbocycles. The van der Waals surface area contributed by atoms with Gasteiger partial charge in [0.05, 0.1) is 16.1 Å². The Labute approximate surface area is 224 Å². The van der Waals surface area contributed by atoms with Crippen molar-refractivity contribution in [2.24, 2.45) is 5.41 Å². The Bertz CT molecular complexity index is 1350. The van der Waals surface area contributed by atoms with Crippen LogP contribution < -0.4 is 0 Å². The first kappa shape index (κ1) is 25.9. The molecule has 0 bridgehead atoms. The molecule has 1 saturated heterocycles. The van der Waals surface area contributed by atoms with Crippen molar-refractivity contribution in [1.82, 2.24) is 19.7 Å². The fourth-order valence-electron chi connectivity index (χ4n) is 5.75. The van der Waals surface area contributed by atoms with E-state index in [9.17, 15) is 18.7 Å². The number of carboxylic acid groups (broad SMARTS) is 1. The Hall–Kier alpha value is -2.71. The minimum atomic E-state index is -1.02. The van der Waals surface area contributed by atoms with Crippen LogP contribution in [0.4, 0.5) is 13.6 Å². The van der Waals surface area contributed by atoms with Crippen LogP contribution in [0.2, 0.25) is 10.0 Å². The summed E-state index contributed by atoms with van der Waals surface area (Å²) in [4.78, 5) is 13.9. The van der Waals surface area contributed by atoms with E-state index >= 15 is 0 Å². The maximum Gasteiger partial charge on any atom is 0.407 e. The quantitative estimate of drug-likeness (QED) is 0.365. The van der Waals surface area contributed by atoms with Gasteiger partial charge >= 0.3 is 6.09 Å². The van der Waals surface area contributed by atoms with E-state index in [-0.39, 0.29) is 18.5 Å². The van der Waals surface area contributed by atoms with Crippen LogP contribution in [0.15, 0.2) is 36.4 Å². The van der Waals surface area contributed by atoms with Crippen LogP contribution in [0, 0.1) is 17.0 Å². The smallest absolute Gasteiger partial charge is 0.407 e. The molecule has 1 amide bonds. The van der Waals surface area contributed by atoms with Gasteiger partial charge < -0.3 is 14.6 Å². The molecule has 0 radical (unpaired) electrons. The van der Waals surface area contributed by atoms with Gasteiger partial charge in [0.2, 0.25) is 0 Å². The number of amides is 1. The van der Waals surface area contributed by atoms with Gasteiger partial charge in [-0.05, 0) is 60.4 Å². The third-order valence-corrected chi connectivity index (χ3v) is 8.24. The monoisotopic (exact) mass is 548 g/mol. The van der Waals surface area contributed by atoms with E-state index in [4.69, 9.17) is 23.2 Å². The molecule has 2 fully saturated rings. The summed E-state index contributed by atoms with van der Waals surface area (Å²) in [7, 11) is 0. The summed E-state index contributed by atoms with van der Waals surface area (Å²) in [5, 5.41) is 20.1. The Morgan fingerprint density at radius 2 is 1.78 bits per heavy atom. The fraction of sp³-hybridized carbons (Fsp3) is 0.444. The highest BCUT2D eigenvalue weighted by Crippen LogP contribution is 2.51. The first-order valence-electron chi connectivity index (χ1n) is 12.3. The maximum absolute atomic E-state index is 14.4. The van der Waals surface area contributed by atoms with E-state index in [1.54, 1.807) is 18.2 Å². The predicted molar refractivity (Wildman–Crippen MR) is 138 cm³/mol. The second-order valence-electron chi connectivity index (χ2n) is 11.0. The van der Waals surface area contributed by atoms with Crippen molar-refractivity contribution in [1.29, 1.82) is 0 Å². The van der Waals surface area contributed by atoms with Crippen LogP contribution in [-0.2, 0) is 0 Å². The van der Waals surface area contributed by atoms with E-state index in [2.05, 4.69) is 14.8 Å². The minimum Gasteiger partial charge on any atom is -0.465 e. The van der Waals surface area contributed by atoms with Crippen molar-refractivity contribution < 1.29 is 18.7 Å². The van der Waals surface area contributed by atoms with Gasteiger partial charge in [-0.3, -0.25) is 0 Å². The lowest BCUT2D eigenvalue weighted by molar-refractivity contribution is 0.0342. The van der Waals surface area contributed by atoms with Crippen LogP contribution in [0.25, 0.3) is 11.4 Å². The normalized spacial score (nSPS) is 22.4. The molecule has 3 aromatic rings. The molecule has 0 spiro atoms. The fourth-order valence-corrected chi connectivity index (χ4v) is 6.14. The highest BCUT2D eigenvalue weighted by Gasteiger charge is 2.50. The molecular weight excluding hydrogens is 521 g/mol. The van der Waals surface area contributed by atoms with Crippen LogP contribution in [0.3, 0.4) is 0 Å². The molecule has 1 N–H and O–H groups in total. The van der Waals surface area contributed by atoms with Gasteiger partial charge in [0.1, 0.15) is 5.82 Å². The number of hydrogen-bond donors (Lipinski definition) is 1. The van der Waals surface area contributed by atoms with Crippen molar-refractivity contribution in [2.75, 3.05) is 6.54 Å². The van der Waals surface area contributed by atoms with Gasteiger partial charge in [0, 0.05) is 24.1 Å². The number of aromatic nitrogens is 3. The molecule has 6 nitrogen and oxygen atoms in total. The molecule has 37 heavy (non-hydrogen) atoms. The molecule has 1 unspecified atom stereocenters. The molecule has 1 aromatic heterocycles. The summed E-state index contributed by atoms with van der Waals surface area (Å²) in [6, 6.07) is 8.88. The van der Waals surface area contributed by atoms with Crippen molar-refractivity contribution in [3.05, 3.63) is 69.5 Å². The van der Waals surface area contributed by atoms with Crippen molar-refractivity contribution in [3.8, 4) is 11.4 Å². The number of halogens is 4. The van der Waals surface area contributed by atoms with Crippen molar-refractivity contribution in [3.63, 3.8) is 0 Å². The summed E-state index contributed by atoms with van der Waals surface area (Å²) in [5.74, 6) is -1.44. The molecule has 1 saturated carbocycles. The largest absolute Gasteiger partial charge is 0.465 e. The lowest BCUT2D eigenvalue weighted by Gasteiger charge is -2.49. The number of hydrogen-bond acceptors (Lipinski definition) is 3. The van der Waals surface area contributed by atoms with Crippen molar-refractivity contribution in [2.45, 2.75) is 64.0 Å². The summed E-state index contributed by atoms with van der Waals surface area (Å²) < 4.78 is 30.3. The van der Waals surface area contributed by atoms with Gasteiger partial charge in [-0.1, -0.05) is 56.1 Å². The molecule has 2 aromatic carbocycles. The second kappa shape index (κ2) is 9.55. The number of rotatable bonds is 4. The standard InChI is InChI=1S/C27H28Cl2F2N4O2/c1-27(2,3)23-21(16(11-12-34(23)26(36)37)14-7-10-19(30)20(31)13-14)25-33-32-24(35(25)15-8-9-15)17-5-4-6-18(28)22(17)29/h4-7,10,13,15-16,21,23H,8-9,11-12H2,1-3H3,(H,36,37)/t16-,21-,23?/m1/s1. The highest BCUT2D eigenvalue weighted by molar-refractivity contribution is 6.43. The van der Waals surface area contributed by atoms with Gasteiger partial charge in [-0.25, -0.2) is 13.6 Å². The van der Waals surface area contributed by atoms with Crippen LogP contribution in [0.1, 0.15) is 69.3 Å². The van der Waals surface area contributed by atoms with Crippen LogP contribution in [0.5, 0.6) is 0 Å². The lowest BCUT2D eigenvalue weighted by atomic mass is 9.67. The average molecular weight is 549 g/mol. The van der Waals surface area contributed by atoms with E-state index < -0.39 is 35.1 Å². The Balaban J connectivity index is 1.73. The van der Waals surface area contributed by atoms with Crippen LogP contribution >= 0.6 is 23.2 Å². The molecule has 2 heterocycles. The Kier molecular flexibility index (Phi) is 6.69. The molecular formula is C27H28Cl2F2N4O2. The number of carbonyl (C=O) groups is 1. The molecule has 1 aliphatic heterocycles. The van der Waals surface area contributed by atoms with Crippen LogP contribution in [-0.4, -0.2) is 43.5 Å². The van der Waals surface area contributed by atoms with E-state index in [0.717, 1.165) is 18.9 Å². The number of benzene rings is 2. The zero-order chi connectivity index (χ0) is 26.6. The minimum absolute atomic E-state index is 0.126. The summed E-state index contributed by atoms with van der Waals surface area (Å²) in [6.07, 6.45) is 1.24. The maximum atomic E-state index is 14.4. The average Bonchev–Trinajstić information content (AvgIpc) is 3.59. The Morgan fingerprint density at radius 3 is 2.41 bits per heavy atom. The number of likely N-dealkylation sites (tertiary alicyclic amines) is 1. The Morgan fingerprint density at radius 1 is 1.05 bits per heavy atom. The molecule has 5 rings (SSSR count). The third-order valence-electron chi connectivity index (χ3n) is 7.42. The summed E-state index contributed by atoms with van der Waals surface area (Å²) in [5.41, 5.74) is 0.757. The number of piperidine rings is 1. The van der Waals surface area contributed by atoms with E-state index in [0.29, 0.717) is 39.2 Å². The van der Waals surface area contributed by atoms with E-state index in [1.165, 1.54) is 11.0 Å². The zero-order valence-electron chi connectivity index (χ0n) is 20.8. The highest BCUT2D eigenvalue weighted by atomic mass is 35.5. The zero-order valence-corrected chi connectivity index (χ0v) is 22.3. The molecule has 10 heteroatoms. The van der Waals surface area contributed by atoms with Gasteiger partial charge in [-0.15, -0.1) is 10.2 Å². The summed E-state index contributed by atoms with van der Waals surface area (Å²) in [6.45, 7) is 6.23. The second-order valence-corrected chi connectivity index (χ2v) is 11.8. The van der Waals surface area contributed by atoms with Gasteiger partial charge in [0.25, 0.3) is 0 Å². The third kappa shape index (κ3) is 4.70. The SMILES string of the molecule is CC(C)(C)C1[C@H](c2nnc(-c3cccc(Cl)c3Cl)n2C2CC2)[C@@H](c2ccc(F)c(F)c2)CCN1C(=O)O. The molecule has 196 valence electrons. The molecule has 3 atom stereocenters. The lowest BCUT2D eigenvalue weighted by Crippen LogP contribution is -2.55. The first-order valence-corrected chi connectivity index (χ1v) is 13.1. The molecule has 2 aliphatic rings. The first-order chi connectivity index (χ1) is 17.5. The van der Waals surface area contributed by atoms with Gasteiger partial charge in [0.15, 0.2) is 17.5 Å². The summed E-state index contributed by atoms with van der Waals surface area (Å²) >= 11 is 12.9.